The van der Waals surface area contributed by atoms with Crippen molar-refractivity contribution < 1.29 is 23.1 Å². The standard InChI is InChI=1S/C19H21F3N8O2/c1-27-8-7-23-16(27)18(32,19(20,21)22)13-15(31)28-9-11-29(12-10-28)17-24-25-26-30(17)14-5-3-2-4-6-14/h2-8,32H,9-13H2,1H3. The maximum Gasteiger partial charge on any atom is 0.425 e. The first-order chi connectivity index (χ1) is 15.2. The van der Waals surface area contributed by atoms with Crippen molar-refractivity contribution in [3.05, 3.63) is 48.5 Å². The first kappa shape index (κ1) is 21.7. The van der Waals surface area contributed by atoms with E-state index >= 15 is 0 Å². The van der Waals surface area contributed by atoms with Gasteiger partial charge in [0.15, 0.2) is 5.82 Å². The lowest BCUT2D eigenvalue weighted by molar-refractivity contribution is -0.272. The normalized spacial score (nSPS) is 16.8. The second-order valence-corrected chi connectivity index (χ2v) is 7.49. The maximum absolute atomic E-state index is 13.7. The van der Waals surface area contributed by atoms with Gasteiger partial charge >= 0.3 is 6.18 Å². The predicted molar refractivity (Wildman–Crippen MR) is 106 cm³/mol. The molecule has 1 atom stereocenters. The molecule has 1 amide bonds. The largest absolute Gasteiger partial charge is 0.425 e. The van der Waals surface area contributed by atoms with Crippen molar-refractivity contribution in [2.75, 3.05) is 31.1 Å². The van der Waals surface area contributed by atoms with E-state index in [1.807, 2.05) is 35.2 Å². The fraction of sp³-hybridized carbons (Fsp3) is 0.421. The molecule has 2 aromatic heterocycles. The highest BCUT2D eigenvalue weighted by Crippen LogP contribution is 2.41. The van der Waals surface area contributed by atoms with Crippen molar-refractivity contribution in [2.45, 2.75) is 18.2 Å². The van der Waals surface area contributed by atoms with Crippen LogP contribution in [0.4, 0.5) is 19.1 Å². The van der Waals surface area contributed by atoms with E-state index in [1.54, 1.807) is 4.68 Å². The number of halogens is 3. The molecule has 1 aliphatic rings. The van der Waals surface area contributed by atoms with Gasteiger partial charge in [-0.15, -0.1) is 0 Å². The number of nitrogens with zero attached hydrogens (tertiary/aromatic N) is 8. The van der Waals surface area contributed by atoms with Crippen molar-refractivity contribution >= 4 is 11.9 Å². The number of alkyl halides is 3. The van der Waals surface area contributed by atoms with Crippen LogP contribution >= 0.6 is 0 Å². The fourth-order valence-corrected chi connectivity index (χ4v) is 3.67. The van der Waals surface area contributed by atoms with Gasteiger partial charge < -0.3 is 19.5 Å². The SMILES string of the molecule is Cn1ccnc1C(O)(CC(=O)N1CCN(c2nnnn2-c2ccccc2)CC1)C(F)(F)F. The molecule has 3 aromatic rings. The Balaban J connectivity index is 1.45. The van der Waals surface area contributed by atoms with E-state index in [9.17, 15) is 23.1 Å². The summed E-state index contributed by atoms with van der Waals surface area (Å²) in [6.07, 6.45) is -3.79. The summed E-state index contributed by atoms with van der Waals surface area (Å²) in [5.74, 6) is -0.961. The van der Waals surface area contributed by atoms with Crippen LogP contribution in [0.1, 0.15) is 12.2 Å². The number of hydrogen-bond donors (Lipinski definition) is 1. The number of tetrazole rings is 1. The number of rotatable bonds is 5. The number of benzene rings is 1. The van der Waals surface area contributed by atoms with Crippen molar-refractivity contribution in [3.63, 3.8) is 0 Å². The number of aromatic nitrogens is 6. The molecule has 0 spiro atoms. The Labute approximate surface area is 180 Å². The average Bonchev–Trinajstić information content (AvgIpc) is 3.43. The van der Waals surface area contributed by atoms with Gasteiger partial charge in [-0.25, -0.2) is 4.98 Å². The lowest BCUT2D eigenvalue weighted by atomic mass is 9.96. The molecule has 1 aliphatic heterocycles. The molecule has 32 heavy (non-hydrogen) atoms. The summed E-state index contributed by atoms with van der Waals surface area (Å²) in [6, 6.07) is 9.25. The number of anilines is 1. The van der Waals surface area contributed by atoms with Crippen LogP contribution in [0.2, 0.25) is 0 Å². The van der Waals surface area contributed by atoms with Crippen LogP contribution in [0.5, 0.6) is 0 Å². The number of carbonyl (C=O) groups excluding carboxylic acids is 1. The molecule has 0 bridgehead atoms. The minimum absolute atomic E-state index is 0.162. The molecular weight excluding hydrogens is 429 g/mol. The lowest BCUT2D eigenvalue weighted by Crippen LogP contribution is -2.53. The molecule has 13 heteroatoms. The van der Waals surface area contributed by atoms with Crippen LogP contribution in [0.3, 0.4) is 0 Å². The Morgan fingerprint density at radius 3 is 2.41 bits per heavy atom. The zero-order valence-corrected chi connectivity index (χ0v) is 17.1. The number of amides is 1. The summed E-state index contributed by atoms with van der Waals surface area (Å²) < 4.78 is 43.8. The maximum atomic E-state index is 13.7. The zero-order chi connectivity index (χ0) is 22.9. The highest BCUT2D eigenvalue weighted by atomic mass is 19.4. The van der Waals surface area contributed by atoms with E-state index in [4.69, 9.17) is 0 Å². The van der Waals surface area contributed by atoms with Crippen LogP contribution in [0, 0.1) is 0 Å². The molecule has 1 N–H and O–H groups in total. The third-order valence-electron chi connectivity index (χ3n) is 5.44. The highest BCUT2D eigenvalue weighted by Gasteiger charge is 2.59. The van der Waals surface area contributed by atoms with Crippen LogP contribution in [-0.4, -0.2) is 78.0 Å². The number of piperazine rings is 1. The van der Waals surface area contributed by atoms with E-state index in [-0.39, 0.29) is 13.1 Å². The second kappa shape index (κ2) is 8.22. The van der Waals surface area contributed by atoms with Gasteiger partial charge in [-0.2, -0.15) is 17.9 Å². The van der Waals surface area contributed by atoms with Gasteiger partial charge in [-0.05, 0) is 22.6 Å². The molecule has 3 heterocycles. The molecular formula is C19H21F3N8O2. The van der Waals surface area contributed by atoms with Crippen molar-refractivity contribution in [1.29, 1.82) is 0 Å². The Morgan fingerprint density at radius 2 is 1.81 bits per heavy atom. The first-order valence-corrected chi connectivity index (χ1v) is 9.84. The van der Waals surface area contributed by atoms with Gasteiger partial charge in [0.25, 0.3) is 0 Å². The molecule has 170 valence electrons. The molecule has 1 fully saturated rings. The summed E-state index contributed by atoms with van der Waals surface area (Å²) in [5.41, 5.74) is -2.62. The molecule has 1 unspecified atom stereocenters. The predicted octanol–water partition coefficient (Wildman–Crippen LogP) is 0.885. The fourth-order valence-electron chi connectivity index (χ4n) is 3.67. The quantitative estimate of drug-likeness (QED) is 0.615. The van der Waals surface area contributed by atoms with Gasteiger partial charge in [-0.1, -0.05) is 23.3 Å². The number of carbonyl (C=O) groups is 1. The summed E-state index contributed by atoms with van der Waals surface area (Å²) in [6.45, 7) is 0.974. The summed E-state index contributed by atoms with van der Waals surface area (Å²) in [7, 11) is 1.33. The Morgan fingerprint density at radius 1 is 1.12 bits per heavy atom. The summed E-state index contributed by atoms with van der Waals surface area (Å²) >= 11 is 0. The third kappa shape index (κ3) is 3.90. The van der Waals surface area contributed by atoms with E-state index in [1.165, 1.54) is 18.1 Å². The smallest absolute Gasteiger partial charge is 0.374 e. The lowest BCUT2D eigenvalue weighted by Gasteiger charge is -2.37. The number of aryl methyl sites for hydroxylation is 1. The van der Waals surface area contributed by atoms with E-state index in [0.717, 1.165) is 16.5 Å². The van der Waals surface area contributed by atoms with Crippen molar-refractivity contribution in [1.82, 2.24) is 34.7 Å². The van der Waals surface area contributed by atoms with Gasteiger partial charge in [-0.3, -0.25) is 4.79 Å². The van der Waals surface area contributed by atoms with E-state index in [2.05, 4.69) is 20.5 Å². The van der Waals surface area contributed by atoms with Gasteiger partial charge in [0.2, 0.25) is 17.5 Å². The first-order valence-electron chi connectivity index (χ1n) is 9.84. The van der Waals surface area contributed by atoms with Crippen molar-refractivity contribution in [2.24, 2.45) is 7.05 Å². The van der Waals surface area contributed by atoms with Crippen molar-refractivity contribution in [3.8, 4) is 5.69 Å². The molecule has 1 aromatic carbocycles. The van der Waals surface area contributed by atoms with Crippen LogP contribution in [0.25, 0.3) is 5.69 Å². The van der Waals surface area contributed by atoms with E-state index in [0.29, 0.717) is 19.0 Å². The molecule has 0 radical (unpaired) electrons. The Hall–Kier alpha value is -3.48. The Bertz CT molecular complexity index is 1080. The highest BCUT2D eigenvalue weighted by molar-refractivity contribution is 5.78. The summed E-state index contributed by atoms with van der Waals surface area (Å²) in [4.78, 5) is 19.5. The van der Waals surface area contributed by atoms with Gasteiger partial charge in [0, 0.05) is 45.6 Å². The molecule has 10 nitrogen and oxygen atoms in total. The Kier molecular flexibility index (Phi) is 5.59. The number of imidazole rings is 1. The van der Waals surface area contributed by atoms with Crippen LogP contribution < -0.4 is 4.90 Å². The topological polar surface area (TPSA) is 105 Å². The molecule has 4 rings (SSSR count). The number of aliphatic hydroxyl groups is 1. The van der Waals surface area contributed by atoms with Gasteiger partial charge in [0.1, 0.15) is 0 Å². The van der Waals surface area contributed by atoms with Crippen LogP contribution in [0.15, 0.2) is 42.7 Å². The molecule has 0 aliphatic carbocycles. The minimum Gasteiger partial charge on any atom is -0.374 e. The third-order valence-corrected chi connectivity index (χ3v) is 5.44. The zero-order valence-electron chi connectivity index (χ0n) is 17.1. The minimum atomic E-state index is -5.07. The molecule has 0 saturated carbocycles. The van der Waals surface area contributed by atoms with Crippen LogP contribution in [-0.2, 0) is 17.4 Å². The van der Waals surface area contributed by atoms with Gasteiger partial charge in [0.05, 0.1) is 12.1 Å². The van der Waals surface area contributed by atoms with E-state index < -0.39 is 29.9 Å². The second-order valence-electron chi connectivity index (χ2n) is 7.49. The number of para-hydroxylation sites is 1. The number of hydrogen-bond acceptors (Lipinski definition) is 7. The monoisotopic (exact) mass is 450 g/mol. The molecule has 1 saturated heterocycles. The average molecular weight is 450 g/mol. The summed E-state index contributed by atoms with van der Waals surface area (Å²) in [5, 5.41) is 22.2.